The van der Waals surface area contributed by atoms with Crippen LogP contribution in [0.2, 0.25) is 0 Å². The topological polar surface area (TPSA) is 118 Å². The Balaban J connectivity index is 2.11. The van der Waals surface area contributed by atoms with Gasteiger partial charge in [-0.15, -0.1) is 0 Å². The SMILES string of the molecule is Cc1cc(C)c(C(=O)N[C@@H]2COCC[C@@H]2OCC(=O)O)c(=O)[nH]1. The summed E-state index contributed by atoms with van der Waals surface area (Å²) in [6, 6.07) is 1.21. The molecule has 2 rings (SSSR count). The zero-order chi connectivity index (χ0) is 17.0. The first-order valence-corrected chi connectivity index (χ1v) is 7.31. The molecule has 2 heterocycles. The van der Waals surface area contributed by atoms with Gasteiger partial charge in [0.2, 0.25) is 0 Å². The number of H-pyrrole nitrogens is 1. The second-order valence-corrected chi connectivity index (χ2v) is 5.53. The summed E-state index contributed by atoms with van der Waals surface area (Å²) in [6.45, 7) is 3.62. The van der Waals surface area contributed by atoms with Crippen molar-refractivity contribution in [2.75, 3.05) is 19.8 Å². The molecule has 1 aliphatic heterocycles. The number of hydrogen-bond acceptors (Lipinski definition) is 5. The fraction of sp³-hybridized carbons (Fsp3) is 0.533. The summed E-state index contributed by atoms with van der Waals surface area (Å²) in [5, 5.41) is 11.4. The molecule has 2 atom stereocenters. The standard InChI is InChI=1S/C15H20N2O6/c1-8-5-9(2)16-14(20)13(8)15(21)17-10-6-22-4-3-11(10)23-7-12(18)19/h5,10-11H,3-4,6-7H2,1-2H3,(H,16,20)(H,17,21)(H,18,19)/t10-,11+/m1/s1. The highest BCUT2D eigenvalue weighted by Gasteiger charge is 2.29. The number of carboxylic acid groups (broad SMARTS) is 1. The third-order valence-electron chi connectivity index (χ3n) is 3.62. The van der Waals surface area contributed by atoms with E-state index in [1.807, 2.05) is 0 Å². The van der Waals surface area contributed by atoms with E-state index in [0.717, 1.165) is 0 Å². The van der Waals surface area contributed by atoms with Crippen LogP contribution >= 0.6 is 0 Å². The largest absolute Gasteiger partial charge is 0.480 e. The first-order chi connectivity index (χ1) is 10.9. The average molecular weight is 324 g/mol. The van der Waals surface area contributed by atoms with E-state index in [0.29, 0.717) is 24.3 Å². The minimum Gasteiger partial charge on any atom is -0.480 e. The lowest BCUT2D eigenvalue weighted by Crippen LogP contribution is -2.51. The van der Waals surface area contributed by atoms with Crippen LogP contribution in [0.15, 0.2) is 10.9 Å². The Labute approximate surface area is 132 Å². The first kappa shape index (κ1) is 17.2. The Bertz CT molecular complexity index is 654. The molecule has 1 aromatic rings. The number of aromatic nitrogens is 1. The lowest BCUT2D eigenvalue weighted by molar-refractivity contribution is -0.147. The third kappa shape index (κ3) is 4.40. The number of carbonyl (C=O) groups is 2. The summed E-state index contributed by atoms with van der Waals surface area (Å²) in [6.07, 6.45) is 0.00945. The fourth-order valence-electron chi connectivity index (χ4n) is 2.61. The van der Waals surface area contributed by atoms with Crippen LogP contribution in [0.1, 0.15) is 28.0 Å². The van der Waals surface area contributed by atoms with E-state index in [1.54, 1.807) is 19.9 Å². The van der Waals surface area contributed by atoms with Gasteiger partial charge in [-0.25, -0.2) is 4.79 Å². The molecule has 8 nitrogen and oxygen atoms in total. The van der Waals surface area contributed by atoms with Crippen LogP contribution in [0, 0.1) is 13.8 Å². The van der Waals surface area contributed by atoms with Gasteiger partial charge in [-0.2, -0.15) is 0 Å². The number of carboxylic acids is 1. The molecule has 1 fully saturated rings. The maximum atomic E-state index is 12.4. The molecule has 0 radical (unpaired) electrons. The van der Waals surface area contributed by atoms with E-state index in [4.69, 9.17) is 14.6 Å². The third-order valence-corrected chi connectivity index (χ3v) is 3.62. The van der Waals surface area contributed by atoms with E-state index < -0.39 is 36.2 Å². The lowest BCUT2D eigenvalue weighted by atomic mass is 10.0. The molecule has 1 saturated heterocycles. The van der Waals surface area contributed by atoms with Gasteiger partial charge in [-0.3, -0.25) is 9.59 Å². The van der Waals surface area contributed by atoms with Gasteiger partial charge < -0.3 is 24.9 Å². The van der Waals surface area contributed by atoms with E-state index >= 15 is 0 Å². The minimum atomic E-state index is -1.08. The van der Waals surface area contributed by atoms with Crippen LogP contribution < -0.4 is 10.9 Å². The molecule has 0 aromatic carbocycles. The number of nitrogens with one attached hydrogen (secondary N) is 2. The van der Waals surface area contributed by atoms with Crippen molar-refractivity contribution in [2.24, 2.45) is 0 Å². The van der Waals surface area contributed by atoms with Gasteiger partial charge >= 0.3 is 5.97 Å². The number of aryl methyl sites for hydroxylation is 2. The minimum absolute atomic E-state index is 0.0400. The number of aliphatic carboxylic acids is 1. The van der Waals surface area contributed by atoms with Gasteiger partial charge in [0.25, 0.3) is 11.5 Å². The summed E-state index contributed by atoms with van der Waals surface area (Å²) >= 11 is 0. The maximum absolute atomic E-state index is 12.4. The van der Waals surface area contributed by atoms with Gasteiger partial charge in [0.05, 0.1) is 18.8 Å². The normalized spacial score (nSPS) is 21.0. The van der Waals surface area contributed by atoms with Crippen molar-refractivity contribution in [3.8, 4) is 0 Å². The summed E-state index contributed by atoms with van der Waals surface area (Å²) < 4.78 is 10.6. The van der Waals surface area contributed by atoms with E-state index in [2.05, 4.69) is 10.3 Å². The summed E-state index contributed by atoms with van der Waals surface area (Å²) in [5.41, 5.74) is 0.828. The second kappa shape index (κ2) is 7.38. The molecule has 3 N–H and O–H groups in total. The Hall–Kier alpha value is -2.19. The predicted octanol–water partition coefficient (Wildman–Crippen LogP) is -0.0198. The summed E-state index contributed by atoms with van der Waals surface area (Å²) in [4.78, 5) is 37.6. The van der Waals surface area contributed by atoms with Crippen molar-refractivity contribution in [1.29, 1.82) is 0 Å². The highest BCUT2D eigenvalue weighted by molar-refractivity contribution is 5.95. The first-order valence-electron chi connectivity index (χ1n) is 7.31. The molecule has 1 aliphatic rings. The monoisotopic (exact) mass is 324 g/mol. The second-order valence-electron chi connectivity index (χ2n) is 5.53. The summed E-state index contributed by atoms with van der Waals surface area (Å²) in [5.74, 6) is -1.60. The van der Waals surface area contributed by atoms with Crippen molar-refractivity contribution < 1.29 is 24.2 Å². The maximum Gasteiger partial charge on any atom is 0.329 e. The number of pyridine rings is 1. The highest BCUT2D eigenvalue weighted by Crippen LogP contribution is 2.13. The van der Waals surface area contributed by atoms with Crippen LogP contribution in [-0.4, -0.2) is 53.9 Å². The number of hydrogen-bond donors (Lipinski definition) is 3. The van der Waals surface area contributed by atoms with Crippen molar-refractivity contribution in [1.82, 2.24) is 10.3 Å². The van der Waals surface area contributed by atoms with Crippen LogP contribution in [0.4, 0.5) is 0 Å². The molecule has 8 heteroatoms. The van der Waals surface area contributed by atoms with E-state index in [-0.39, 0.29) is 12.2 Å². The molecule has 0 unspecified atom stereocenters. The Kier molecular flexibility index (Phi) is 5.51. The molecule has 1 aromatic heterocycles. The van der Waals surface area contributed by atoms with Crippen molar-refractivity contribution in [3.05, 3.63) is 33.2 Å². The average Bonchev–Trinajstić information content (AvgIpc) is 2.45. The van der Waals surface area contributed by atoms with Gasteiger partial charge in [0.15, 0.2) is 0 Å². The molecule has 0 aliphatic carbocycles. The van der Waals surface area contributed by atoms with Crippen molar-refractivity contribution in [3.63, 3.8) is 0 Å². The zero-order valence-corrected chi connectivity index (χ0v) is 13.0. The Morgan fingerprint density at radius 3 is 2.87 bits per heavy atom. The van der Waals surface area contributed by atoms with Gasteiger partial charge in [0.1, 0.15) is 12.2 Å². The van der Waals surface area contributed by atoms with Crippen LogP contribution in [0.3, 0.4) is 0 Å². The quantitative estimate of drug-likeness (QED) is 0.700. The molecular weight excluding hydrogens is 304 g/mol. The fourth-order valence-corrected chi connectivity index (χ4v) is 2.61. The predicted molar refractivity (Wildman–Crippen MR) is 80.6 cm³/mol. The molecular formula is C15H20N2O6. The summed E-state index contributed by atoms with van der Waals surface area (Å²) in [7, 11) is 0. The number of amides is 1. The number of aromatic amines is 1. The zero-order valence-electron chi connectivity index (χ0n) is 13.0. The highest BCUT2D eigenvalue weighted by atomic mass is 16.5. The number of ether oxygens (including phenoxy) is 2. The van der Waals surface area contributed by atoms with Gasteiger partial charge in [-0.05, 0) is 31.9 Å². The van der Waals surface area contributed by atoms with Gasteiger partial charge in [0, 0.05) is 12.3 Å². The molecule has 0 bridgehead atoms. The molecule has 1 amide bonds. The number of carbonyl (C=O) groups excluding carboxylic acids is 1. The lowest BCUT2D eigenvalue weighted by Gasteiger charge is -2.31. The smallest absolute Gasteiger partial charge is 0.329 e. The van der Waals surface area contributed by atoms with Gasteiger partial charge in [-0.1, -0.05) is 0 Å². The van der Waals surface area contributed by atoms with Crippen LogP contribution in [-0.2, 0) is 14.3 Å². The Morgan fingerprint density at radius 2 is 2.22 bits per heavy atom. The van der Waals surface area contributed by atoms with E-state index in [9.17, 15) is 14.4 Å². The van der Waals surface area contributed by atoms with Crippen molar-refractivity contribution >= 4 is 11.9 Å². The van der Waals surface area contributed by atoms with E-state index in [1.165, 1.54) is 0 Å². The molecule has 0 saturated carbocycles. The van der Waals surface area contributed by atoms with Crippen LogP contribution in [0.25, 0.3) is 0 Å². The molecule has 23 heavy (non-hydrogen) atoms. The van der Waals surface area contributed by atoms with Crippen molar-refractivity contribution in [2.45, 2.75) is 32.4 Å². The number of rotatable bonds is 5. The molecule has 0 spiro atoms. The van der Waals surface area contributed by atoms with Crippen LogP contribution in [0.5, 0.6) is 0 Å². The molecule has 126 valence electrons. The Morgan fingerprint density at radius 1 is 1.48 bits per heavy atom.